The molecule has 0 aliphatic carbocycles. The van der Waals surface area contributed by atoms with Crippen LogP contribution in [0.3, 0.4) is 0 Å². The SMILES string of the molecule is CC=Cc1ccc(OCOC)c(OC)c1. The summed E-state index contributed by atoms with van der Waals surface area (Å²) in [6, 6.07) is 5.76. The van der Waals surface area contributed by atoms with Crippen molar-refractivity contribution in [2.45, 2.75) is 6.92 Å². The van der Waals surface area contributed by atoms with Gasteiger partial charge in [-0.15, -0.1) is 0 Å². The summed E-state index contributed by atoms with van der Waals surface area (Å²) in [5.41, 5.74) is 1.08. The molecule has 0 aromatic heterocycles. The Bertz CT molecular complexity index is 332. The Morgan fingerprint density at radius 1 is 1.20 bits per heavy atom. The van der Waals surface area contributed by atoms with Crippen LogP contribution >= 0.6 is 0 Å². The summed E-state index contributed by atoms with van der Waals surface area (Å²) < 4.78 is 15.4. The van der Waals surface area contributed by atoms with Crippen molar-refractivity contribution < 1.29 is 14.2 Å². The van der Waals surface area contributed by atoms with Crippen LogP contribution in [0, 0.1) is 0 Å². The Balaban J connectivity index is 2.88. The van der Waals surface area contributed by atoms with E-state index in [9.17, 15) is 0 Å². The second kappa shape index (κ2) is 6.09. The maximum atomic E-state index is 5.34. The van der Waals surface area contributed by atoms with Gasteiger partial charge < -0.3 is 14.2 Å². The molecule has 0 N–H and O–H groups in total. The minimum absolute atomic E-state index is 0.222. The molecule has 0 radical (unpaired) electrons. The van der Waals surface area contributed by atoms with E-state index in [1.54, 1.807) is 14.2 Å². The summed E-state index contributed by atoms with van der Waals surface area (Å²) in [6.07, 6.45) is 3.98. The zero-order valence-corrected chi connectivity index (χ0v) is 9.32. The Morgan fingerprint density at radius 3 is 2.60 bits per heavy atom. The van der Waals surface area contributed by atoms with E-state index < -0.39 is 0 Å². The van der Waals surface area contributed by atoms with Crippen molar-refractivity contribution in [3.05, 3.63) is 29.8 Å². The van der Waals surface area contributed by atoms with Gasteiger partial charge in [-0.2, -0.15) is 0 Å². The quantitative estimate of drug-likeness (QED) is 0.696. The molecule has 0 bridgehead atoms. The van der Waals surface area contributed by atoms with Crippen LogP contribution in [0.2, 0.25) is 0 Å². The predicted molar refractivity (Wildman–Crippen MR) is 60.2 cm³/mol. The highest BCUT2D eigenvalue weighted by Gasteiger charge is 2.03. The largest absolute Gasteiger partial charge is 0.493 e. The zero-order chi connectivity index (χ0) is 11.1. The summed E-state index contributed by atoms with van der Waals surface area (Å²) in [7, 11) is 3.20. The van der Waals surface area contributed by atoms with E-state index in [1.807, 2.05) is 37.3 Å². The average Bonchev–Trinajstić information content (AvgIpc) is 2.27. The van der Waals surface area contributed by atoms with E-state index in [0.717, 1.165) is 5.56 Å². The Labute approximate surface area is 90.3 Å². The van der Waals surface area contributed by atoms with E-state index in [-0.39, 0.29) is 6.79 Å². The van der Waals surface area contributed by atoms with Crippen molar-refractivity contribution in [1.29, 1.82) is 0 Å². The van der Waals surface area contributed by atoms with E-state index in [4.69, 9.17) is 14.2 Å². The lowest BCUT2D eigenvalue weighted by molar-refractivity contribution is 0.0491. The fourth-order valence-corrected chi connectivity index (χ4v) is 1.22. The maximum absolute atomic E-state index is 5.34. The molecular formula is C12H16O3. The van der Waals surface area contributed by atoms with Gasteiger partial charge >= 0.3 is 0 Å². The minimum atomic E-state index is 0.222. The third kappa shape index (κ3) is 3.29. The first-order valence-electron chi connectivity index (χ1n) is 4.74. The van der Waals surface area contributed by atoms with Crippen LogP contribution in [0.25, 0.3) is 6.08 Å². The molecule has 15 heavy (non-hydrogen) atoms. The van der Waals surface area contributed by atoms with E-state index >= 15 is 0 Å². The number of methoxy groups -OCH3 is 2. The normalized spacial score (nSPS) is 10.6. The molecule has 0 atom stereocenters. The smallest absolute Gasteiger partial charge is 0.188 e. The van der Waals surface area contributed by atoms with Crippen LogP contribution in [0.5, 0.6) is 11.5 Å². The summed E-state index contributed by atoms with van der Waals surface area (Å²) in [5, 5.41) is 0. The number of ether oxygens (including phenoxy) is 3. The molecule has 0 heterocycles. The van der Waals surface area contributed by atoms with Gasteiger partial charge in [-0.1, -0.05) is 18.2 Å². The predicted octanol–water partition coefficient (Wildman–Crippen LogP) is 2.71. The molecule has 0 amide bonds. The summed E-state index contributed by atoms with van der Waals surface area (Å²) >= 11 is 0. The molecule has 0 aliphatic rings. The minimum Gasteiger partial charge on any atom is -0.493 e. The lowest BCUT2D eigenvalue weighted by atomic mass is 10.2. The summed E-state index contributed by atoms with van der Waals surface area (Å²) in [6.45, 7) is 2.20. The maximum Gasteiger partial charge on any atom is 0.188 e. The van der Waals surface area contributed by atoms with Crippen LogP contribution in [0.4, 0.5) is 0 Å². The van der Waals surface area contributed by atoms with Gasteiger partial charge in [0.15, 0.2) is 18.3 Å². The summed E-state index contributed by atoms with van der Waals surface area (Å²) in [4.78, 5) is 0. The van der Waals surface area contributed by atoms with Gasteiger partial charge in [0, 0.05) is 7.11 Å². The van der Waals surface area contributed by atoms with Gasteiger partial charge in [-0.3, -0.25) is 0 Å². The van der Waals surface area contributed by atoms with Crippen LogP contribution < -0.4 is 9.47 Å². The van der Waals surface area contributed by atoms with E-state index in [2.05, 4.69) is 0 Å². The Morgan fingerprint density at radius 2 is 2.00 bits per heavy atom. The first kappa shape index (κ1) is 11.6. The van der Waals surface area contributed by atoms with Crippen LogP contribution in [-0.4, -0.2) is 21.0 Å². The van der Waals surface area contributed by atoms with Gasteiger partial charge in [0.05, 0.1) is 7.11 Å². The first-order chi connectivity index (χ1) is 7.31. The lowest BCUT2D eigenvalue weighted by Crippen LogP contribution is -2.00. The lowest BCUT2D eigenvalue weighted by Gasteiger charge is -2.10. The van der Waals surface area contributed by atoms with Crippen LogP contribution in [0.15, 0.2) is 24.3 Å². The van der Waals surface area contributed by atoms with Crippen molar-refractivity contribution in [2.24, 2.45) is 0 Å². The number of rotatable bonds is 5. The highest BCUT2D eigenvalue weighted by Crippen LogP contribution is 2.28. The fourth-order valence-electron chi connectivity index (χ4n) is 1.22. The number of allylic oxidation sites excluding steroid dienone is 1. The van der Waals surface area contributed by atoms with Crippen molar-refractivity contribution in [2.75, 3.05) is 21.0 Å². The molecule has 0 spiro atoms. The standard InChI is InChI=1S/C12H16O3/c1-4-5-10-6-7-11(15-9-13-2)12(8-10)14-3/h4-8H,9H2,1-3H3. The first-order valence-corrected chi connectivity index (χ1v) is 4.74. The van der Waals surface area contributed by atoms with Crippen molar-refractivity contribution in [3.63, 3.8) is 0 Å². The third-order valence-corrected chi connectivity index (χ3v) is 1.88. The van der Waals surface area contributed by atoms with Gasteiger partial charge in [-0.05, 0) is 24.6 Å². The Kier molecular flexibility index (Phi) is 4.71. The molecule has 0 fully saturated rings. The molecule has 1 rings (SSSR count). The Hall–Kier alpha value is -1.48. The second-order valence-corrected chi connectivity index (χ2v) is 2.96. The van der Waals surface area contributed by atoms with Crippen LogP contribution in [0.1, 0.15) is 12.5 Å². The van der Waals surface area contributed by atoms with Crippen LogP contribution in [-0.2, 0) is 4.74 Å². The topological polar surface area (TPSA) is 27.7 Å². The van der Waals surface area contributed by atoms with Gasteiger partial charge in [0.25, 0.3) is 0 Å². The number of hydrogen-bond acceptors (Lipinski definition) is 3. The van der Waals surface area contributed by atoms with Gasteiger partial charge in [0.2, 0.25) is 0 Å². The molecule has 3 nitrogen and oxygen atoms in total. The highest BCUT2D eigenvalue weighted by atomic mass is 16.7. The molecule has 0 unspecified atom stereocenters. The molecule has 1 aromatic rings. The molecule has 0 saturated carbocycles. The molecular weight excluding hydrogens is 192 g/mol. The molecule has 82 valence electrons. The van der Waals surface area contributed by atoms with Gasteiger partial charge in [0.1, 0.15) is 0 Å². The molecule has 1 aromatic carbocycles. The molecule has 0 aliphatic heterocycles. The number of hydrogen-bond donors (Lipinski definition) is 0. The number of benzene rings is 1. The zero-order valence-electron chi connectivity index (χ0n) is 9.32. The summed E-state index contributed by atoms with van der Waals surface area (Å²) in [5.74, 6) is 1.40. The van der Waals surface area contributed by atoms with E-state index in [0.29, 0.717) is 11.5 Å². The third-order valence-electron chi connectivity index (χ3n) is 1.88. The fraction of sp³-hybridized carbons (Fsp3) is 0.333. The average molecular weight is 208 g/mol. The van der Waals surface area contributed by atoms with Crippen molar-refractivity contribution >= 4 is 6.08 Å². The molecule has 0 saturated heterocycles. The van der Waals surface area contributed by atoms with E-state index in [1.165, 1.54) is 0 Å². The highest BCUT2D eigenvalue weighted by molar-refractivity contribution is 5.55. The second-order valence-electron chi connectivity index (χ2n) is 2.96. The molecule has 3 heteroatoms. The van der Waals surface area contributed by atoms with Crippen molar-refractivity contribution in [3.8, 4) is 11.5 Å². The van der Waals surface area contributed by atoms with Crippen molar-refractivity contribution in [1.82, 2.24) is 0 Å². The van der Waals surface area contributed by atoms with Gasteiger partial charge in [-0.25, -0.2) is 0 Å². The monoisotopic (exact) mass is 208 g/mol.